The number of ketones is 2. The number of amides is 1. The van der Waals surface area contributed by atoms with Crippen molar-refractivity contribution in [2.75, 3.05) is 16.0 Å². The van der Waals surface area contributed by atoms with Crippen LogP contribution in [0.25, 0.3) is 11.0 Å². The van der Waals surface area contributed by atoms with E-state index in [4.69, 9.17) is 4.52 Å². The largest absolute Gasteiger partial charge is 0.478 e. The average molecular weight is 839 g/mol. The number of nitrogens with one attached hydrogen (secondary N) is 3. The highest BCUT2D eigenvalue weighted by Gasteiger charge is 2.22. The number of anilines is 5. The highest BCUT2D eigenvalue weighted by atomic mass is 16.5. The number of carbonyl (C=O) groups is 4. The number of benzene rings is 4. The van der Waals surface area contributed by atoms with Gasteiger partial charge in [-0.2, -0.15) is 10.2 Å². The number of fused-ring (bicyclic) bond motifs is 2. The number of hydrogen-bond acceptors (Lipinski definition) is 12. The zero-order chi connectivity index (χ0) is 44.2. The molecule has 1 amide bonds. The summed E-state index contributed by atoms with van der Waals surface area (Å²) >= 11 is 0. The molecule has 0 fully saturated rings. The summed E-state index contributed by atoms with van der Waals surface area (Å²) in [6, 6.07) is 29.9. The SMILES string of the molecule is Cc1ccc(C(=O)Nc2ccon2)cc1Nc1ncnn2cc(C(=O)c3ccccc3)c(C)c12.Cc1ccc(C(=O)O)cc1Nc1ncnn2cc(C(=O)c3ccccc3)c(C)c12. The van der Waals surface area contributed by atoms with Gasteiger partial charge < -0.3 is 25.6 Å². The van der Waals surface area contributed by atoms with E-state index in [9.17, 15) is 24.3 Å². The summed E-state index contributed by atoms with van der Waals surface area (Å²) in [5, 5.41) is 30.7. The molecule has 5 aromatic heterocycles. The molecule has 0 atom stereocenters. The van der Waals surface area contributed by atoms with Crippen LogP contribution in [-0.4, -0.2) is 62.9 Å². The molecule has 0 saturated heterocycles. The van der Waals surface area contributed by atoms with Gasteiger partial charge in [0.05, 0.1) is 5.56 Å². The van der Waals surface area contributed by atoms with Crippen LogP contribution >= 0.6 is 0 Å². The molecule has 0 spiro atoms. The Balaban J connectivity index is 0.000000175. The minimum absolute atomic E-state index is 0.0859. The monoisotopic (exact) mass is 838 g/mol. The van der Waals surface area contributed by atoms with Gasteiger partial charge >= 0.3 is 5.97 Å². The van der Waals surface area contributed by atoms with E-state index in [0.717, 1.165) is 22.3 Å². The molecule has 0 aliphatic rings. The zero-order valence-electron chi connectivity index (χ0n) is 34.3. The molecular weight excluding hydrogens is 801 g/mol. The van der Waals surface area contributed by atoms with E-state index in [0.29, 0.717) is 67.7 Å². The summed E-state index contributed by atoms with van der Waals surface area (Å²) in [5.74, 6) is -0.153. The van der Waals surface area contributed by atoms with E-state index < -0.39 is 5.97 Å². The fourth-order valence-corrected chi connectivity index (χ4v) is 6.96. The van der Waals surface area contributed by atoms with E-state index >= 15 is 0 Å². The average Bonchev–Trinajstić information content (AvgIpc) is 4.03. The predicted octanol–water partition coefficient (Wildman–Crippen LogP) is 8.58. The molecule has 4 aromatic carbocycles. The standard InChI is InChI=1S/C25H20N6O3.C22H18N4O3/c1-15-8-9-18(25(33)29-21-10-11-34-30-21)12-20(15)28-24-22-16(2)19(13-31(22)27-14-26-24)23(32)17-6-4-3-5-7-17;1-13-8-9-16(22(28)29)10-18(13)25-21-19-14(2)17(11-26(19)24-12-23-21)20(27)15-6-4-3-5-7-15/h3-14H,1-2H3,(H,26,27,28)(H,29,30,33);3-12H,1-2H3,(H,28,29)(H,23,24,25). The summed E-state index contributed by atoms with van der Waals surface area (Å²) < 4.78 is 8.00. The van der Waals surface area contributed by atoms with E-state index in [1.54, 1.807) is 82.1 Å². The fraction of sp³-hybridized carbons (Fsp3) is 0.0851. The molecule has 16 nitrogen and oxygen atoms in total. The molecule has 0 aliphatic heterocycles. The molecule has 0 radical (unpaired) electrons. The van der Waals surface area contributed by atoms with Gasteiger partial charge in [0, 0.05) is 57.7 Å². The lowest BCUT2D eigenvalue weighted by atomic mass is 10.0. The molecule has 16 heteroatoms. The summed E-state index contributed by atoms with van der Waals surface area (Å²) in [4.78, 5) is 58.7. The first-order valence-electron chi connectivity index (χ1n) is 19.5. The minimum atomic E-state index is -1.00. The quantitative estimate of drug-likeness (QED) is 0.0901. The highest BCUT2D eigenvalue weighted by Crippen LogP contribution is 2.30. The smallest absolute Gasteiger partial charge is 0.335 e. The molecule has 9 aromatic rings. The van der Waals surface area contributed by atoms with E-state index in [1.807, 2.05) is 70.2 Å². The number of rotatable bonds is 11. The number of aryl methyl sites for hydroxylation is 4. The van der Waals surface area contributed by atoms with Crippen molar-refractivity contribution in [3.63, 3.8) is 0 Å². The highest BCUT2D eigenvalue weighted by molar-refractivity contribution is 6.12. The minimum Gasteiger partial charge on any atom is -0.478 e. The van der Waals surface area contributed by atoms with Gasteiger partial charge in [0.1, 0.15) is 30.0 Å². The lowest BCUT2D eigenvalue weighted by Crippen LogP contribution is -2.12. The number of carboxylic acids is 1. The molecule has 63 heavy (non-hydrogen) atoms. The van der Waals surface area contributed by atoms with Gasteiger partial charge in [-0.3, -0.25) is 14.4 Å². The number of aromatic carboxylic acids is 1. The van der Waals surface area contributed by atoms with Crippen LogP contribution in [0.3, 0.4) is 0 Å². The third-order valence-corrected chi connectivity index (χ3v) is 10.4. The van der Waals surface area contributed by atoms with Crippen molar-refractivity contribution in [1.82, 2.24) is 34.4 Å². The summed E-state index contributed by atoms with van der Waals surface area (Å²) in [5.41, 5.74) is 8.85. The second kappa shape index (κ2) is 17.4. The molecule has 5 heterocycles. The molecule has 312 valence electrons. The maximum absolute atomic E-state index is 13.1. The van der Waals surface area contributed by atoms with Crippen LogP contribution in [0.2, 0.25) is 0 Å². The summed E-state index contributed by atoms with van der Waals surface area (Å²) in [6.45, 7) is 7.52. The Kier molecular flexibility index (Phi) is 11.3. The van der Waals surface area contributed by atoms with E-state index in [1.165, 1.54) is 18.9 Å². The van der Waals surface area contributed by atoms with E-state index in [2.05, 4.69) is 41.3 Å². The number of carbonyl (C=O) groups excluding carboxylic acids is 3. The van der Waals surface area contributed by atoms with Gasteiger partial charge in [-0.05, 0) is 74.2 Å². The van der Waals surface area contributed by atoms with Crippen LogP contribution in [0.4, 0.5) is 28.8 Å². The van der Waals surface area contributed by atoms with Gasteiger partial charge in [-0.25, -0.2) is 23.8 Å². The molecule has 4 N–H and O–H groups in total. The second-order valence-corrected chi connectivity index (χ2v) is 14.5. The van der Waals surface area contributed by atoms with Crippen LogP contribution in [-0.2, 0) is 0 Å². The molecular formula is C47H38N10O6. The van der Waals surface area contributed by atoms with Crippen LogP contribution in [0.1, 0.15) is 74.8 Å². The fourth-order valence-electron chi connectivity index (χ4n) is 6.96. The molecule has 0 bridgehead atoms. The second-order valence-electron chi connectivity index (χ2n) is 14.5. The normalized spacial score (nSPS) is 10.9. The Hall–Kier alpha value is -8.79. The first-order chi connectivity index (χ1) is 30.5. The third kappa shape index (κ3) is 8.49. The van der Waals surface area contributed by atoms with Crippen LogP contribution in [0.5, 0.6) is 0 Å². The zero-order valence-corrected chi connectivity index (χ0v) is 34.3. The number of carboxylic acid groups (broad SMARTS) is 1. The number of hydrogen-bond donors (Lipinski definition) is 4. The molecule has 0 saturated carbocycles. The Morgan fingerprint density at radius 1 is 0.587 bits per heavy atom. The van der Waals surface area contributed by atoms with E-state index in [-0.39, 0.29) is 23.0 Å². The maximum Gasteiger partial charge on any atom is 0.335 e. The van der Waals surface area contributed by atoms with Gasteiger partial charge in [-0.15, -0.1) is 0 Å². The van der Waals surface area contributed by atoms with Crippen molar-refractivity contribution >= 4 is 63.3 Å². The third-order valence-electron chi connectivity index (χ3n) is 10.4. The van der Waals surface area contributed by atoms with Crippen molar-refractivity contribution in [3.05, 3.63) is 190 Å². The topological polar surface area (TPSA) is 211 Å². The Morgan fingerprint density at radius 3 is 1.52 bits per heavy atom. The molecule has 0 unspecified atom stereocenters. The van der Waals surface area contributed by atoms with Crippen molar-refractivity contribution in [1.29, 1.82) is 0 Å². The van der Waals surface area contributed by atoms with Crippen molar-refractivity contribution in [3.8, 4) is 0 Å². The predicted molar refractivity (Wildman–Crippen MR) is 236 cm³/mol. The van der Waals surface area contributed by atoms with Crippen molar-refractivity contribution in [2.24, 2.45) is 0 Å². The van der Waals surface area contributed by atoms with Crippen molar-refractivity contribution in [2.45, 2.75) is 27.7 Å². The van der Waals surface area contributed by atoms with Gasteiger partial charge in [0.2, 0.25) is 0 Å². The van der Waals surface area contributed by atoms with Crippen LogP contribution < -0.4 is 16.0 Å². The van der Waals surface area contributed by atoms with Crippen molar-refractivity contribution < 1.29 is 28.8 Å². The Labute approximate surface area is 359 Å². The van der Waals surface area contributed by atoms with Crippen LogP contribution in [0, 0.1) is 27.7 Å². The Bertz CT molecular complexity index is 3180. The molecule has 0 aliphatic carbocycles. The lowest BCUT2D eigenvalue weighted by molar-refractivity contribution is 0.0696. The van der Waals surface area contributed by atoms with Gasteiger partial charge in [-0.1, -0.05) is 78.0 Å². The summed E-state index contributed by atoms with van der Waals surface area (Å²) in [6.07, 6.45) is 7.59. The molecule has 9 rings (SSSR count). The first-order valence-corrected chi connectivity index (χ1v) is 19.5. The number of nitrogens with zero attached hydrogens (tertiary/aromatic N) is 7. The van der Waals surface area contributed by atoms with Crippen LogP contribution in [0.15, 0.2) is 139 Å². The number of aromatic nitrogens is 7. The summed E-state index contributed by atoms with van der Waals surface area (Å²) in [7, 11) is 0. The lowest BCUT2D eigenvalue weighted by Gasteiger charge is -2.12. The first kappa shape index (κ1) is 41.0. The van der Waals surface area contributed by atoms with Gasteiger partial charge in [0.15, 0.2) is 29.0 Å². The Morgan fingerprint density at radius 2 is 1.06 bits per heavy atom. The maximum atomic E-state index is 13.1. The van der Waals surface area contributed by atoms with Gasteiger partial charge in [0.25, 0.3) is 5.91 Å².